The van der Waals surface area contributed by atoms with Crippen molar-refractivity contribution in [1.29, 1.82) is 0 Å². The van der Waals surface area contributed by atoms with Gasteiger partial charge in [-0.25, -0.2) is 4.39 Å². The van der Waals surface area contributed by atoms with Gasteiger partial charge in [0, 0.05) is 12.1 Å². The quantitative estimate of drug-likeness (QED) is 0.845. The van der Waals surface area contributed by atoms with E-state index >= 15 is 0 Å². The zero-order chi connectivity index (χ0) is 13.0. The van der Waals surface area contributed by atoms with Crippen LogP contribution in [-0.2, 0) is 6.54 Å². The number of hydrogen-bond acceptors (Lipinski definition) is 1. The molecule has 0 aliphatic carbocycles. The molecule has 0 spiro atoms. The van der Waals surface area contributed by atoms with Crippen molar-refractivity contribution in [1.82, 2.24) is 5.32 Å². The minimum Gasteiger partial charge on any atom is -0.372 e. The lowest BCUT2D eigenvalue weighted by Gasteiger charge is -2.08. The molecule has 0 amide bonds. The van der Waals surface area contributed by atoms with Gasteiger partial charge in [-0.05, 0) is 36.8 Å². The second kappa shape index (κ2) is 5.74. The molecule has 0 aliphatic heterocycles. The Labute approximate surface area is 112 Å². The van der Waals surface area contributed by atoms with Crippen LogP contribution in [0.2, 0.25) is 0 Å². The molecule has 0 saturated heterocycles. The second-order valence-electron chi connectivity index (χ2n) is 4.18. The third-order valence-corrected chi connectivity index (χ3v) is 3.02. The normalized spacial score (nSPS) is 10.1. The summed E-state index contributed by atoms with van der Waals surface area (Å²) < 4.78 is 12.8. The molecule has 3 heteroatoms. The molecule has 0 heterocycles. The molecular weight excluding hydrogens is 245 g/mol. The maximum Gasteiger partial charge on any atom is 0.123 e. The molecule has 0 unspecified atom stereocenters. The minimum atomic E-state index is -0.250. The summed E-state index contributed by atoms with van der Waals surface area (Å²) in [5, 5.41) is 3.17. The molecule has 2 aromatic carbocycles. The summed E-state index contributed by atoms with van der Waals surface area (Å²) in [6, 6.07) is 14.4. The van der Waals surface area contributed by atoms with E-state index in [1.807, 2.05) is 12.1 Å². The van der Waals surface area contributed by atoms with Crippen LogP contribution in [0.1, 0.15) is 16.7 Å². The number of hydrogen-bond donors (Lipinski definition) is 1. The van der Waals surface area contributed by atoms with Gasteiger partial charge in [-0.1, -0.05) is 42.0 Å². The van der Waals surface area contributed by atoms with Crippen molar-refractivity contribution >= 4 is 17.2 Å². The van der Waals surface area contributed by atoms with Crippen molar-refractivity contribution in [3.63, 3.8) is 0 Å². The van der Waals surface area contributed by atoms with E-state index in [1.54, 1.807) is 12.1 Å². The van der Waals surface area contributed by atoms with Gasteiger partial charge in [-0.15, -0.1) is 0 Å². The first-order valence-electron chi connectivity index (χ1n) is 5.74. The Hall–Kier alpha value is -1.74. The molecule has 2 rings (SSSR count). The van der Waals surface area contributed by atoms with Crippen LogP contribution in [0.4, 0.5) is 4.39 Å². The standard InChI is InChI=1S/C15H14FNS/c1-11-3-2-4-12(9-11)10-17-15(18)13-5-7-14(16)8-6-13/h2-9H,10H2,1H3,(H,17,18). The topological polar surface area (TPSA) is 12.0 Å². The lowest BCUT2D eigenvalue weighted by atomic mass is 10.1. The van der Waals surface area contributed by atoms with Gasteiger partial charge in [0.2, 0.25) is 0 Å². The molecule has 1 N–H and O–H groups in total. The van der Waals surface area contributed by atoms with Gasteiger partial charge in [0.25, 0.3) is 0 Å². The van der Waals surface area contributed by atoms with Gasteiger partial charge in [-0.2, -0.15) is 0 Å². The first-order valence-corrected chi connectivity index (χ1v) is 6.15. The first-order chi connectivity index (χ1) is 8.65. The van der Waals surface area contributed by atoms with Crippen molar-refractivity contribution in [2.45, 2.75) is 13.5 Å². The predicted octanol–water partition coefficient (Wildman–Crippen LogP) is 3.60. The monoisotopic (exact) mass is 259 g/mol. The highest BCUT2D eigenvalue weighted by Crippen LogP contribution is 2.06. The largest absolute Gasteiger partial charge is 0.372 e. The van der Waals surface area contributed by atoms with Crippen LogP contribution < -0.4 is 5.32 Å². The van der Waals surface area contributed by atoms with E-state index in [0.29, 0.717) is 11.5 Å². The van der Waals surface area contributed by atoms with E-state index in [4.69, 9.17) is 12.2 Å². The molecule has 2 aromatic rings. The third kappa shape index (κ3) is 3.37. The van der Waals surface area contributed by atoms with E-state index in [1.165, 1.54) is 23.3 Å². The highest BCUT2D eigenvalue weighted by atomic mass is 32.1. The number of rotatable bonds is 3. The average Bonchev–Trinajstić information content (AvgIpc) is 2.37. The van der Waals surface area contributed by atoms with E-state index in [-0.39, 0.29) is 5.82 Å². The second-order valence-corrected chi connectivity index (χ2v) is 4.59. The Morgan fingerprint density at radius 1 is 1.17 bits per heavy atom. The zero-order valence-corrected chi connectivity index (χ0v) is 10.9. The first kappa shape index (κ1) is 12.7. The molecule has 0 aromatic heterocycles. The average molecular weight is 259 g/mol. The van der Waals surface area contributed by atoms with Gasteiger partial charge in [0.15, 0.2) is 0 Å². The van der Waals surface area contributed by atoms with Crippen LogP contribution in [0.25, 0.3) is 0 Å². The summed E-state index contributed by atoms with van der Waals surface area (Å²) in [5.74, 6) is -0.250. The lowest BCUT2D eigenvalue weighted by Crippen LogP contribution is -2.21. The van der Waals surface area contributed by atoms with E-state index in [0.717, 1.165) is 5.56 Å². The summed E-state index contributed by atoms with van der Waals surface area (Å²) in [4.78, 5) is 0.636. The van der Waals surface area contributed by atoms with E-state index < -0.39 is 0 Å². The Kier molecular flexibility index (Phi) is 4.05. The van der Waals surface area contributed by atoms with Crippen molar-refractivity contribution in [3.8, 4) is 0 Å². The fraction of sp³-hybridized carbons (Fsp3) is 0.133. The maximum absolute atomic E-state index is 12.8. The van der Waals surface area contributed by atoms with Gasteiger partial charge < -0.3 is 5.32 Å². The minimum absolute atomic E-state index is 0.250. The lowest BCUT2D eigenvalue weighted by molar-refractivity contribution is 0.627. The molecule has 0 saturated carbocycles. The number of aryl methyl sites for hydroxylation is 1. The highest BCUT2D eigenvalue weighted by molar-refractivity contribution is 7.80. The molecular formula is C15H14FNS. The van der Waals surface area contributed by atoms with Gasteiger partial charge in [-0.3, -0.25) is 0 Å². The zero-order valence-electron chi connectivity index (χ0n) is 10.1. The van der Waals surface area contributed by atoms with Crippen LogP contribution in [0.15, 0.2) is 48.5 Å². The van der Waals surface area contributed by atoms with Crippen molar-refractivity contribution in [2.75, 3.05) is 0 Å². The fourth-order valence-electron chi connectivity index (χ4n) is 1.71. The smallest absolute Gasteiger partial charge is 0.123 e. The number of nitrogens with one attached hydrogen (secondary N) is 1. The van der Waals surface area contributed by atoms with Crippen LogP contribution in [0, 0.1) is 12.7 Å². The van der Waals surface area contributed by atoms with Gasteiger partial charge >= 0.3 is 0 Å². The van der Waals surface area contributed by atoms with E-state index in [9.17, 15) is 4.39 Å². The predicted molar refractivity (Wildman–Crippen MR) is 76.1 cm³/mol. The summed E-state index contributed by atoms with van der Waals surface area (Å²) in [7, 11) is 0. The molecule has 92 valence electrons. The van der Waals surface area contributed by atoms with Crippen LogP contribution >= 0.6 is 12.2 Å². The van der Waals surface area contributed by atoms with Crippen LogP contribution in [0.3, 0.4) is 0 Å². The Morgan fingerprint density at radius 3 is 2.56 bits per heavy atom. The van der Waals surface area contributed by atoms with Gasteiger partial charge in [0.05, 0.1) is 0 Å². The van der Waals surface area contributed by atoms with E-state index in [2.05, 4.69) is 24.4 Å². The number of halogens is 1. The molecule has 0 atom stereocenters. The summed E-state index contributed by atoms with van der Waals surface area (Å²) >= 11 is 5.26. The maximum atomic E-state index is 12.8. The molecule has 1 nitrogen and oxygen atoms in total. The Morgan fingerprint density at radius 2 is 1.89 bits per heavy atom. The molecule has 18 heavy (non-hydrogen) atoms. The van der Waals surface area contributed by atoms with Gasteiger partial charge in [0.1, 0.15) is 10.8 Å². The Bertz CT molecular complexity index is 549. The van der Waals surface area contributed by atoms with Crippen LogP contribution in [0.5, 0.6) is 0 Å². The molecule has 0 aliphatic rings. The van der Waals surface area contributed by atoms with Crippen molar-refractivity contribution in [2.24, 2.45) is 0 Å². The SMILES string of the molecule is Cc1cccc(CNC(=S)c2ccc(F)cc2)c1. The highest BCUT2D eigenvalue weighted by Gasteiger charge is 2.01. The third-order valence-electron chi connectivity index (χ3n) is 2.64. The summed E-state index contributed by atoms with van der Waals surface area (Å²) in [5.41, 5.74) is 3.24. The molecule has 0 fully saturated rings. The summed E-state index contributed by atoms with van der Waals surface area (Å²) in [6.45, 7) is 2.74. The fourth-order valence-corrected chi connectivity index (χ4v) is 1.92. The number of benzene rings is 2. The van der Waals surface area contributed by atoms with Crippen molar-refractivity contribution in [3.05, 3.63) is 71.0 Å². The Balaban J connectivity index is 1.98. The van der Waals surface area contributed by atoms with Crippen LogP contribution in [-0.4, -0.2) is 4.99 Å². The van der Waals surface area contributed by atoms with Crippen molar-refractivity contribution < 1.29 is 4.39 Å². The molecule has 0 bridgehead atoms. The number of thiocarbonyl (C=S) groups is 1. The summed E-state index contributed by atoms with van der Waals surface area (Å²) in [6.07, 6.45) is 0. The molecule has 0 radical (unpaired) electrons.